The zero-order chi connectivity index (χ0) is 12.3. The minimum Gasteiger partial charge on any atom is -0.385 e. The van der Waals surface area contributed by atoms with Crippen LogP contribution in [0.5, 0.6) is 0 Å². The van der Waals surface area contributed by atoms with Crippen LogP contribution in [0.4, 0.5) is 0 Å². The third-order valence-corrected chi connectivity index (χ3v) is 3.61. The lowest BCUT2D eigenvalue weighted by Gasteiger charge is -2.18. The number of hydrogen-bond acceptors (Lipinski definition) is 2. The molecule has 0 aliphatic heterocycles. The van der Waals surface area contributed by atoms with E-state index in [9.17, 15) is 0 Å². The molecule has 94 valence electrons. The van der Waals surface area contributed by atoms with Gasteiger partial charge in [0.1, 0.15) is 0 Å². The van der Waals surface area contributed by atoms with Crippen molar-refractivity contribution in [3.8, 4) is 0 Å². The van der Waals surface area contributed by atoms with Gasteiger partial charge in [-0.05, 0) is 49.4 Å². The number of rotatable bonds is 5. The molecule has 2 rings (SSSR count). The number of halogens is 1. The molecule has 1 N–H and O–H groups in total. The van der Waals surface area contributed by atoms with Gasteiger partial charge in [-0.15, -0.1) is 0 Å². The van der Waals surface area contributed by atoms with Crippen molar-refractivity contribution in [2.24, 2.45) is 0 Å². The van der Waals surface area contributed by atoms with Crippen LogP contribution in [0.2, 0.25) is 5.02 Å². The lowest BCUT2D eigenvalue weighted by Crippen LogP contribution is -2.37. The third kappa shape index (κ3) is 3.44. The van der Waals surface area contributed by atoms with E-state index in [0.29, 0.717) is 12.1 Å². The van der Waals surface area contributed by atoms with Gasteiger partial charge in [-0.3, -0.25) is 0 Å². The van der Waals surface area contributed by atoms with Gasteiger partial charge < -0.3 is 10.1 Å². The van der Waals surface area contributed by atoms with Gasteiger partial charge in [0, 0.05) is 30.8 Å². The van der Waals surface area contributed by atoms with Crippen LogP contribution in [0.15, 0.2) is 18.2 Å². The number of ether oxygens (including phenoxy) is 1. The molecule has 2 unspecified atom stereocenters. The second kappa shape index (κ2) is 5.85. The van der Waals surface area contributed by atoms with Crippen LogP contribution in [0.25, 0.3) is 0 Å². The summed E-state index contributed by atoms with van der Waals surface area (Å²) in [5.41, 5.74) is 2.83. The van der Waals surface area contributed by atoms with E-state index in [-0.39, 0.29) is 0 Å². The quantitative estimate of drug-likeness (QED) is 0.871. The topological polar surface area (TPSA) is 21.3 Å². The predicted octanol–water partition coefficient (Wildman–Crippen LogP) is 2.82. The van der Waals surface area contributed by atoms with E-state index < -0.39 is 0 Å². The summed E-state index contributed by atoms with van der Waals surface area (Å²) >= 11 is 6.01. The Morgan fingerprint density at radius 1 is 1.41 bits per heavy atom. The van der Waals surface area contributed by atoms with Crippen LogP contribution in [0.1, 0.15) is 24.5 Å². The largest absolute Gasteiger partial charge is 0.385 e. The summed E-state index contributed by atoms with van der Waals surface area (Å²) in [5.74, 6) is 0. The van der Waals surface area contributed by atoms with Crippen molar-refractivity contribution in [3.63, 3.8) is 0 Å². The molecule has 0 radical (unpaired) electrons. The molecule has 0 fully saturated rings. The maximum absolute atomic E-state index is 6.01. The Kier molecular flexibility index (Phi) is 4.43. The van der Waals surface area contributed by atoms with Crippen molar-refractivity contribution in [2.75, 3.05) is 13.7 Å². The first-order valence-electron chi connectivity index (χ1n) is 6.21. The van der Waals surface area contributed by atoms with Crippen molar-refractivity contribution < 1.29 is 4.74 Å². The summed E-state index contributed by atoms with van der Waals surface area (Å²) in [6.07, 6.45) is 3.27. The Hall–Kier alpha value is -0.570. The van der Waals surface area contributed by atoms with E-state index in [4.69, 9.17) is 16.3 Å². The van der Waals surface area contributed by atoms with Crippen LogP contribution < -0.4 is 5.32 Å². The van der Waals surface area contributed by atoms with E-state index in [2.05, 4.69) is 24.4 Å². The monoisotopic (exact) mass is 253 g/mol. The molecular weight excluding hydrogens is 234 g/mol. The molecule has 0 heterocycles. The molecule has 17 heavy (non-hydrogen) atoms. The number of hydrogen-bond donors (Lipinski definition) is 1. The molecule has 1 aliphatic carbocycles. The maximum atomic E-state index is 6.01. The first kappa shape index (κ1) is 12.9. The number of fused-ring (bicyclic) bond motifs is 1. The number of benzene rings is 1. The van der Waals surface area contributed by atoms with E-state index in [1.54, 1.807) is 7.11 Å². The fourth-order valence-electron chi connectivity index (χ4n) is 2.48. The third-order valence-electron chi connectivity index (χ3n) is 3.38. The minimum atomic E-state index is 0.504. The molecule has 0 saturated heterocycles. The highest BCUT2D eigenvalue weighted by Crippen LogP contribution is 2.25. The molecule has 2 atom stereocenters. The average molecular weight is 254 g/mol. The summed E-state index contributed by atoms with van der Waals surface area (Å²) in [4.78, 5) is 0. The summed E-state index contributed by atoms with van der Waals surface area (Å²) in [5, 5.41) is 4.50. The molecule has 0 bridgehead atoms. The fourth-order valence-corrected chi connectivity index (χ4v) is 2.68. The Morgan fingerprint density at radius 2 is 2.18 bits per heavy atom. The van der Waals surface area contributed by atoms with Crippen molar-refractivity contribution in [2.45, 2.75) is 38.3 Å². The zero-order valence-electron chi connectivity index (χ0n) is 10.5. The summed E-state index contributed by atoms with van der Waals surface area (Å²) in [6, 6.07) is 7.29. The molecule has 0 aromatic heterocycles. The lowest BCUT2D eigenvalue weighted by atomic mass is 10.1. The molecule has 0 amide bonds. The molecule has 2 nitrogen and oxygen atoms in total. The van der Waals surface area contributed by atoms with Crippen LogP contribution in [-0.4, -0.2) is 25.8 Å². The highest BCUT2D eigenvalue weighted by Gasteiger charge is 2.22. The van der Waals surface area contributed by atoms with Gasteiger partial charge in [0.15, 0.2) is 0 Å². The van der Waals surface area contributed by atoms with Gasteiger partial charge in [0.05, 0.1) is 0 Å². The molecule has 0 spiro atoms. The zero-order valence-corrected chi connectivity index (χ0v) is 11.3. The first-order chi connectivity index (χ1) is 8.19. The highest BCUT2D eigenvalue weighted by molar-refractivity contribution is 6.30. The van der Waals surface area contributed by atoms with Gasteiger partial charge in [0.25, 0.3) is 0 Å². The van der Waals surface area contributed by atoms with E-state index in [0.717, 1.165) is 30.9 Å². The van der Waals surface area contributed by atoms with Gasteiger partial charge in [-0.1, -0.05) is 17.7 Å². The Balaban J connectivity index is 1.87. The summed E-state index contributed by atoms with van der Waals surface area (Å²) in [6.45, 7) is 3.04. The Labute approximate surface area is 108 Å². The predicted molar refractivity (Wildman–Crippen MR) is 71.7 cm³/mol. The van der Waals surface area contributed by atoms with Crippen molar-refractivity contribution >= 4 is 11.6 Å². The molecule has 1 aromatic rings. The molecular formula is C14H20ClNO. The average Bonchev–Trinajstić information content (AvgIpc) is 2.67. The van der Waals surface area contributed by atoms with Crippen molar-refractivity contribution in [1.82, 2.24) is 5.32 Å². The van der Waals surface area contributed by atoms with Crippen molar-refractivity contribution in [1.29, 1.82) is 0 Å². The van der Waals surface area contributed by atoms with E-state index in [1.807, 2.05) is 6.07 Å². The Bertz CT molecular complexity index is 380. The maximum Gasteiger partial charge on any atom is 0.0476 e. The second-order valence-electron chi connectivity index (χ2n) is 4.87. The summed E-state index contributed by atoms with van der Waals surface area (Å²) in [7, 11) is 1.75. The number of methoxy groups -OCH3 is 1. The standard InChI is InChI=1S/C14H20ClNO/c1-10(5-6-17-2)16-14-8-11-3-4-13(15)7-12(11)9-14/h3-4,7,10,14,16H,5-6,8-9H2,1-2H3. The van der Waals surface area contributed by atoms with Gasteiger partial charge >= 0.3 is 0 Å². The smallest absolute Gasteiger partial charge is 0.0476 e. The normalized spacial score (nSPS) is 20.3. The molecule has 1 aliphatic rings. The lowest BCUT2D eigenvalue weighted by molar-refractivity contribution is 0.183. The van der Waals surface area contributed by atoms with Crippen LogP contribution in [0, 0.1) is 0 Å². The first-order valence-corrected chi connectivity index (χ1v) is 6.59. The van der Waals surface area contributed by atoms with Gasteiger partial charge in [0.2, 0.25) is 0 Å². The minimum absolute atomic E-state index is 0.504. The van der Waals surface area contributed by atoms with Crippen LogP contribution >= 0.6 is 11.6 Å². The SMILES string of the molecule is COCCC(C)NC1Cc2ccc(Cl)cc2C1. The fraction of sp³-hybridized carbons (Fsp3) is 0.571. The van der Waals surface area contributed by atoms with Crippen LogP contribution in [-0.2, 0) is 17.6 Å². The molecule has 0 saturated carbocycles. The van der Waals surface area contributed by atoms with E-state index >= 15 is 0 Å². The van der Waals surface area contributed by atoms with Crippen molar-refractivity contribution in [3.05, 3.63) is 34.3 Å². The van der Waals surface area contributed by atoms with E-state index in [1.165, 1.54) is 11.1 Å². The highest BCUT2D eigenvalue weighted by atomic mass is 35.5. The molecule has 3 heteroatoms. The van der Waals surface area contributed by atoms with Gasteiger partial charge in [-0.2, -0.15) is 0 Å². The second-order valence-corrected chi connectivity index (χ2v) is 5.30. The van der Waals surface area contributed by atoms with Crippen LogP contribution in [0.3, 0.4) is 0 Å². The molecule has 1 aromatic carbocycles. The van der Waals surface area contributed by atoms with Gasteiger partial charge in [-0.25, -0.2) is 0 Å². The Morgan fingerprint density at radius 3 is 2.94 bits per heavy atom. The number of nitrogens with one attached hydrogen (secondary N) is 1. The summed E-state index contributed by atoms with van der Waals surface area (Å²) < 4.78 is 5.10.